The van der Waals surface area contributed by atoms with Gasteiger partial charge in [-0.1, -0.05) is 182 Å². The zero-order valence-corrected chi connectivity index (χ0v) is 27.0. The van der Waals surface area contributed by atoms with Crippen molar-refractivity contribution in [2.24, 2.45) is 0 Å². The van der Waals surface area contributed by atoms with E-state index in [2.05, 4.69) is 41.3 Å². The number of hydrogen-bond acceptors (Lipinski definition) is 4. The molecule has 6 aromatic rings. The summed E-state index contributed by atoms with van der Waals surface area (Å²) in [7, 11) is 0. The number of carboxylic acid groups (broad SMARTS) is 1. The second kappa shape index (κ2) is 12.1. The fourth-order valence-electron chi connectivity index (χ4n) is 8.15. The van der Waals surface area contributed by atoms with Crippen LogP contribution in [0.1, 0.15) is 33.4 Å². The number of aliphatic carboxylic acids is 1. The molecule has 6 aromatic carbocycles. The van der Waals surface area contributed by atoms with Crippen LogP contribution >= 0.6 is 0 Å². The van der Waals surface area contributed by atoms with Gasteiger partial charge >= 0.3 is 5.97 Å². The van der Waals surface area contributed by atoms with Crippen LogP contribution < -0.4 is 0 Å². The van der Waals surface area contributed by atoms with E-state index in [1.807, 2.05) is 150 Å². The Morgan fingerprint density at radius 1 is 0.490 bits per heavy atom. The number of carboxylic acids is 1. The summed E-state index contributed by atoms with van der Waals surface area (Å²) in [5.74, 6) is -1.42. The highest BCUT2D eigenvalue weighted by molar-refractivity contribution is 6.15. The molecule has 0 aromatic heterocycles. The molecule has 4 atom stereocenters. The Balaban J connectivity index is 1.29. The van der Waals surface area contributed by atoms with E-state index in [0.717, 1.165) is 33.4 Å². The smallest absolute Gasteiger partial charge is 0.333 e. The van der Waals surface area contributed by atoms with E-state index in [-0.39, 0.29) is 12.3 Å². The lowest BCUT2D eigenvalue weighted by atomic mass is 9.76. The van der Waals surface area contributed by atoms with E-state index >= 15 is 4.79 Å². The van der Waals surface area contributed by atoms with Crippen LogP contribution in [0.15, 0.2) is 182 Å². The lowest BCUT2D eigenvalue weighted by Gasteiger charge is -2.40. The lowest BCUT2D eigenvalue weighted by molar-refractivity contribution is -0.146. The molecule has 5 nitrogen and oxygen atoms in total. The minimum Gasteiger partial charge on any atom is -0.479 e. The Morgan fingerprint density at radius 2 is 0.776 bits per heavy atom. The Kier molecular flexibility index (Phi) is 7.59. The monoisotopic (exact) mass is 640 g/mol. The van der Waals surface area contributed by atoms with E-state index in [0.29, 0.717) is 6.54 Å². The Bertz CT molecular complexity index is 1880. The summed E-state index contributed by atoms with van der Waals surface area (Å²) in [5.41, 5.74) is 2.21. The molecule has 2 aliphatic heterocycles. The van der Waals surface area contributed by atoms with Gasteiger partial charge in [0, 0.05) is 13.1 Å². The Labute approximate surface area is 286 Å². The van der Waals surface area contributed by atoms with E-state index in [1.54, 1.807) is 0 Å². The molecule has 2 aliphatic rings. The molecular weight excluding hydrogens is 604 g/mol. The molecule has 2 heterocycles. The normalized spacial score (nSPS) is 21.4. The van der Waals surface area contributed by atoms with Gasteiger partial charge in [-0.3, -0.25) is 14.6 Å². The maximum Gasteiger partial charge on any atom is 0.333 e. The van der Waals surface area contributed by atoms with Crippen molar-refractivity contribution in [3.8, 4) is 0 Å². The molecule has 5 heteroatoms. The van der Waals surface area contributed by atoms with Crippen LogP contribution in [0, 0.1) is 0 Å². The van der Waals surface area contributed by atoms with Gasteiger partial charge in [-0.05, 0) is 33.4 Å². The Hall–Kier alpha value is -5.62. The summed E-state index contributed by atoms with van der Waals surface area (Å²) in [5, 5.41) is 11.2. The van der Waals surface area contributed by atoms with E-state index in [9.17, 15) is 9.90 Å². The summed E-state index contributed by atoms with van der Waals surface area (Å²) in [6.45, 7) is 0.509. The molecule has 0 aliphatic carbocycles. The number of carbonyl (C=O) groups is 2. The van der Waals surface area contributed by atoms with Crippen molar-refractivity contribution < 1.29 is 14.7 Å². The molecule has 2 saturated heterocycles. The molecule has 2 fully saturated rings. The fourth-order valence-corrected chi connectivity index (χ4v) is 8.15. The van der Waals surface area contributed by atoms with Gasteiger partial charge in [-0.25, -0.2) is 4.79 Å². The minimum absolute atomic E-state index is 0.0825. The number of carbonyl (C=O) groups excluding carboxylic acids is 1. The van der Waals surface area contributed by atoms with Crippen molar-refractivity contribution in [2.45, 2.75) is 22.7 Å². The van der Waals surface area contributed by atoms with Gasteiger partial charge in [-0.2, -0.15) is 0 Å². The molecule has 240 valence electrons. The zero-order chi connectivity index (χ0) is 33.5. The number of benzene rings is 6. The first kappa shape index (κ1) is 30.7. The second-order valence-electron chi connectivity index (χ2n) is 12.9. The topological polar surface area (TPSA) is 60.4 Å². The van der Waals surface area contributed by atoms with Gasteiger partial charge in [-0.15, -0.1) is 0 Å². The first-order valence-corrected chi connectivity index (χ1v) is 16.7. The van der Waals surface area contributed by atoms with Crippen LogP contribution in [-0.2, 0) is 20.7 Å². The highest BCUT2D eigenvalue weighted by Gasteiger charge is 2.75. The van der Waals surface area contributed by atoms with E-state index in [1.165, 1.54) is 0 Å². The van der Waals surface area contributed by atoms with Gasteiger partial charge in [0.1, 0.15) is 0 Å². The largest absolute Gasteiger partial charge is 0.479 e. The first-order valence-electron chi connectivity index (χ1n) is 16.7. The molecule has 0 bridgehead atoms. The van der Waals surface area contributed by atoms with Crippen molar-refractivity contribution >= 4 is 11.8 Å². The summed E-state index contributed by atoms with van der Waals surface area (Å²) in [6.07, 6.45) is 0. The molecule has 0 radical (unpaired) electrons. The molecule has 0 saturated carbocycles. The SMILES string of the molecule is O=C(O)C1(C(=O)C2CN2C(c2ccccc2)(c2ccccc2)c2ccccc2)CN1C(c1ccccc1)(c1ccccc1)c1ccccc1. The molecule has 8 rings (SSSR count). The van der Waals surface area contributed by atoms with Crippen LogP contribution in [0.5, 0.6) is 0 Å². The molecule has 1 N–H and O–H groups in total. The van der Waals surface area contributed by atoms with Crippen LogP contribution in [0.2, 0.25) is 0 Å². The van der Waals surface area contributed by atoms with Gasteiger partial charge in [0.05, 0.1) is 17.1 Å². The van der Waals surface area contributed by atoms with Crippen LogP contribution in [0.4, 0.5) is 0 Å². The molecule has 4 unspecified atom stereocenters. The predicted molar refractivity (Wildman–Crippen MR) is 191 cm³/mol. The van der Waals surface area contributed by atoms with E-state index in [4.69, 9.17) is 0 Å². The average Bonchev–Trinajstić information content (AvgIpc) is 4.11. The highest BCUT2D eigenvalue weighted by atomic mass is 16.4. The molecule has 49 heavy (non-hydrogen) atoms. The summed E-state index contributed by atoms with van der Waals surface area (Å²) in [6, 6.07) is 60.0. The molecule has 0 amide bonds. The summed E-state index contributed by atoms with van der Waals surface area (Å²) < 4.78 is 0. The van der Waals surface area contributed by atoms with Crippen molar-refractivity contribution in [1.29, 1.82) is 0 Å². The summed E-state index contributed by atoms with van der Waals surface area (Å²) >= 11 is 0. The molecule has 0 spiro atoms. The zero-order valence-electron chi connectivity index (χ0n) is 27.0. The van der Waals surface area contributed by atoms with E-state index < -0.39 is 28.6 Å². The third-order valence-electron chi connectivity index (χ3n) is 10.4. The number of ketones is 1. The third-order valence-corrected chi connectivity index (χ3v) is 10.4. The van der Waals surface area contributed by atoms with Crippen molar-refractivity contribution in [2.75, 3.05) is 13.1 Å². The molecular formula is C44H36N2O3. The lowest BCUT2D eigenvalue weighted by Crippen LogP contribution is -2.50. The maximum atomic E-state index is 15.2. The number of hydrogen-bond donors (Lipinski definition) is 1. The van der Waals surface area contributed by atoms with Gasteiger partial charge in [0.25, 0.3) is 0 Å². The summed E-state index contributed by atoms with van der Waals surface area (Å²) in [4.78, 5) is 33.0. The van der Waals surface area contributed by atoms with Crippen molar-refractivity contribution in [3.05, 3.63) is 215 Å². The van der Waals surface area contributed by atoms with Crippen LogP contribution in [0.25, 0.3) is 0 Å². The quantitative estimate of drug-likeness (QED) is 0.0911. The number of Topliss-reactive ketones (excluding diaryl/α,β-unsaturated/α-hetero) is 1. The van der Waals surface area contributed by atoms with Crippen LogP contribution in [-0.4, -0.2) is 51.3 Å². The standard InChI is InChI=1S/C44H36N2O3/c47-40(39-31-45(39)43(33-19-7-1-8-20-33,34-21-9-2-10-22-34)35-23-11-3-12-24-35)42(41(48)49)32-46(42)44(36-25-13-4-14-26-36,37-27-15-5-16-28-37)38-29-17-6-18-30-38/h1-30,39H,31-32H2,(H,48,49). The number of rotatable bonds is 11. The first-order chi connectivity index (χ1) is 24.1. The predicted octanol–water partition coefficient (Wildman–Crippen LogP) is 7.36. The van der Waals surface area contributed by atoms with Crippen LogP contribution in [0.3, 0.4) is 0 Å². The average molecular weight is 641 g/mol. The second-order valence-corrected chi connectivity index (χ2v) is 12.9. The van der Waals surface area contributed by atoms with Crippen molar-refractivity contribution in [1.82, 2.24) is 9.80 Å². The fraction of sp³-hybridized carbons (Fsp3) is 0.136. The third kappa shape index (κ3) is 4.69. The Morgan fingerprint density at radius 3 is 1.06 bits per heavy atom. The van der Waals surface area contributed by atoms with Gasteiger partial charge in [0.2, 0.25) is 0 Å². The van der Waals surface area contributed by atoms with Gasteiger partial charge in [0.15, 0.2) is 11.3 Å². The number of nitrogens with zero attached hydrogens (tertiary/aromatic N) is 2. The maximum absolute atomic E-state index is 15.2. The van der Waals surface area contributed by atoms with Gasteiger partial charge < -0.3 is 5.11 Å². The highest BCUT2D eigenvalue weighted by Crippen LogP contribution is 2.56. The minimum atomic E-state index is -1.74. The van der Waals surface area contributed by atoms with Crippen molar-refractivity contribution in [3.63, 3.8) is 0 Å².